The molecule has 1 aliphatic heterocycles. The van der Waals surface area contributed by atoms with Gasteiger partial charge in [0.1, 0.15) is 0 Å². The first-order valence-electron chi connectivity index (χ1n) is 8.35. The summed E-state index contributed by atoms with van der Waals surface area (Å²) in [6, 6.07) is 15.5. The molecule has 3 rings (SSSR count). The topological polar surface area (TPSA) is 44.4 Å². The summed E-state index contributed by atoms with van der Waals surface area (Å²) in [7, 11) is 0. The summed E-state index contributed by atoms with van der Waals surface area (Å²) in [6.07, 6.45) is 2.94. The van der Waals surface area contributed by atoms with Crippen molar-refractivity contribution in [2.45, 2.75) is 19.3 Å². The van der Waals surface area contributed by atoms with Gasteiger partial charge in [0.2, 0.25) is 5.91 Å². The third kappa shape index (κ3) is 4.65. The Bertz CT molecular complexity index is 664. The maximum Gasteiger partial charge on any atom is 0.226 e. The van der Waals surface area contributed by atoms with Crippen LogP contribution in [0, 0.1) is 0 Å². The summed E-state index contributed by atoms with van der Waals surface area (Å²) in [5, 5.41) is 6.85. The lowest BCUT2D eigenvalue weighted by molar-refractivity contribution is -0.115. The maximum atomic E-state index is 12.0. The molecule has 2 aromatic carbocycles. The van der Waals surface area contributed by atoms with Gasteiger partial charge in [-0.1, -0.05) is 11.6 Å². The first-order valence-corrected chi connectivity index (χ1v) is 8.73. The van der Waals surface area contributed by atoms with Crippen LogP contribution >= 0.6 is 11.6 Å². The van der Waals surface area contributed by atoms with E-state index in [-0.39, 0.29) is 5.91 Å². The second-order valence-corrected chi connectivity index (χ2v) is 6.41. The average molecular weight is 344 g/mol. The zero-order valence-electron chi connectivity index (χ0n) is 13.6. The van der Waals surface area contributed by atoms with Gasteiger partial charge in [-0.05, 0) is 61.4 Å². The van der Waals surface area contributed by atoms with Crippen LogP contribution in [0.5, 0.6) is 0 Å². The lowest BCUT2D eigenvalue weighted by Crippen LogP contribution is -2.18. The SMILES string of the molecule is O=C(CCNc1ccc(Cl)cc1)Nc1ccc(N2CCCC2)cc1. The van der Waals surface area contributed by atoms with Crippen LogP contribution in [-0.2, 0) is 4.79 Å². The third-order valence-corrected chi connectivity index (χ3v) is 4.40. The molecule has 0 atom stereocenters. The Kier molecular flexibility index (Phi) is 5.59. The molecule has 0 spiro atoms. The highest BCUT2D eigenvalue weighted by Crippen LogP contribution is 2.22. The highest BCUT2D eigenvalue weighted by atomic mass is 35.5. The predicted octanol–water partition coefficient (Wildman–Crippen LogP) is 4.38. The summed E-state index contributed by atoms with van der Waals surface area (Å²) >= 11 is 5.84. The number of hydrogen-bond donors (Lipinski definition) is 2. The fourth-order valence-electron chi connectivity index (χ4n) is 2.84. The second-order valence-electron chi connectivity index (χ2n) is 5.97. The van der Waals surface area contributed by atoms with Crippen LogP contribution in [-0.4, -0.2) is 25.5 Å². The Balaban J connectivity index is 1.43. The Labute approximate surface area is 147 Å². The minimum Gasteiger partial charge on any atom is -0.385 e. The van der Waals surface area contributed by atoms with Crippen molar-refractivity contribution in [1.82, 2.24) is 0 Å². The number of hydrogen-bond acceptors (Lipinski definition) is 3. The van der Waals surface area contributed by atoms with Crippen LogP contribution in [0.1, 0.15) is 19.3 Å². The lowest BCUT2D eigenvalue weighted by Gasteiger charge is -2.17. The molecule has 126 valence electrons. The van der Waals surface area contributed by atoms with Crippen molar-refractivity contribution in [1.29, 1.82) is 0 Å². The fourth-order valence-corrected chi connectivity index (χ4v) is 2.97. The molecular weight excluding hydrogens is 322 g/mol. The van der Waals surface area contributed by atoms with Crippen molar-refractivity contribution in [2.24, 2.45) is 0 Å². The van der Waals surface area contributed by atoms with E-state index in [2.05, 4.69) is 27.7 Å². The van der Waals surface area contributed by atoms with E-state index < -0.39 is 0 Å². The first kappa shape index (κ1) is 16.7. The summed E-state index contributed by atoms with van der Waals surface area (Å²) in [6.45, 7) is 2.84. The normalized spacial score (nSPS) is 13.8. The maximum absolute atomic E-state index is 12.0. The number of anilines is 3. The zero-order valence-corrected chi connectivity index (χ0v) is 14.4. The molecule has 5 heteroatoms. The molecule has 24 heavy (non-hydrogen) atoms. The van der Waals surface area contributed by atoms with E-state index >= 15 is 0 Å². The second kappa shape index (κ2) is 8.06. The molecule has 4 nitrogen and oxygen atoms in total. The minimum atomic E-state index is 0.00499. The Hall–Kier alpha value is -2.20. The largest absolute Gasteiger partial charge is 0.385 e. The van der Waals surface area contributed by atoms with E-state index in [1.165, 1.54) is 18.5 Å². The predicted molar refractivity (Wildman–Crippen MR) is 101 cm³/mol. The number of rotatable bonds is 6. The van der Waals surface area contributed by atoms with E-state index in [0.717, 1.165) is 24.5 Å². The average Bonchev–Trinajstić information content (AvgIpc) is 3.12. The van der Waals surface area contributed by atoms with Gasteiger partial charge in [-0.2, -0.15) is 0 Å². The Morgan fingerprint density at radius 3 is 2.25 bits per heavy atom. The van der Waals surface area contributed by atoms with Gasteiger partial charge in [0.05, 0.1) is 0 Å². The summed E-state index contributed by atoms with van der Waals surface area (Å²) in [4.78, 5) is 14.4. The van der Waals surface area contributed by atoms with Gasteiger partial charge in [0, 0.05) is 48.1 Å². The van der Waals surface area contributed by atoms with Crippen LogP contribution in [0.25, 0.3) is 0 Å². The molecule has 0 aromatic heterocycles. The molecule has 1 amide bonds. The standard InChI is InChI=1S/C19H22ClN3O/c20-15-3-5-16(6-4-15)21-12-11-19(24)22-17-7-9-18(10-8-17)23-13-1-2-14-23/h3-10,21H,1-2,11-14H2,(H,22,24). The van der Waals surface area contributed by atoms with Crippen LogP contribution in [0.2, 0.25) is 5.02 Å². The molecule has 0 saturated carbocycles. The molecule has 2 aromatic rings. The molecule has 0 aliphatic carbocycles. The lowest BCUT2D eigenvalue weighted by atomic mass is 10.2. The molecule has 0 unspecified atom stereocenters. The summed E-state index contributed by atoms with van der Waals surface area (Å²) in [5.41, 5.74) is 3.03. The highest BCUT2D eigenvalue weighted by Gasteiger charge is 2.12. The number of benzene rings is 2. The smallest absolute Gasteiger partial charge is 0.226 e. The molecule has 1 saturated heterocycles. The van der Waals surface area contributed by atoms with Gasteiger partial charge in [-0.25, -0.2) is 0 Å². The van der Waals surface area contributed by atoms with Gasteiger partial charge in [-0.3, -0.25) is 4.79 Å². The van der Waals surface area contributed by atoms with E-state index in [9.17, 15) is 4.79 Å². The zero-order chi connectivity index (χ0) is 16.8. The number of halogens is 1. The first-order chi connectivity index (χ1) is 11.7. The van der Waals surface area contributed by atoms with Gasteiger partial charge in [0.25, 0.3) is 0 Å². The molecular formula is C19H22ClN3O. The quantitative estimate of drug-likeness (QED) is 0.818. The molecule has 2 N–H and O–H groups in total. The minimum absolute atomic E-state index is 0.00499. The molecule has 0 radical (unpaired) electrons. The molecule has 1 aliphatic rings. The number of amides is 1. The van der Waals surface area contributed by atoms with Crippen molar-refractivity contribution >= 4 is 34.6 Å². The fraction of sp³-hybridized carbons (Fsp3) is 0.316. The van der Waals surface area contributed by atoms with Crippen LogP contribution in [0.15, 0.2) is 48.5 Å². The van der Waals surface area contributed by atoms with Crippen molar-refractivity contribution in [3.8, 4) is 0 Å². The Morgan fingerprint density at radius 2 is 1.58 bits per heavy atom. The van der Waals surface area contributed by atoms with Gasteiger partial charge < -0.3 is 15.5 Å². The third-order valence-electron chi connectivity index (χ3n) is 4.15. The number of nitrogens with zero attached hydrogens (tertiary/aromatic N) is 1. The number of nitrogens with one attached hydrogen (secondary N) is 2. The van der Waals surface area contributed by atoms with Gasteiger partial charge >= 0.3 is 0 Å². The van der Waals surface area contributed by atoms with E-state index in [1.54, 1.807) is 0 Å². The van der Waals surface area contributed by atoms with Gasteiger partial charge in [-0.15, -0.1) is 0 Å². The molecule has 0 bridgehead atoms. The van der Waals surface area contributed by atoms with E-state index in [1.807, 2.05) is 36.4 Å². The van der Waals surface area contributed by atoms with E-state index in [4.69, 9.17) is 11.6 Å². The number of carbonyl (C=O) groups excluding carboxylic acids is 1. The van der Waals surface area contributed by atoms with Crippen LogP contribution in [0.3, 0.4) is 0 Å². The van der Waals surface area contributed by atoms with Gasteiger partial charge in [0.15, 0.2) is 0 Å². The van der Waals surface area contributed by atoms with Crippen molar-refractivity contribution in [2.75, 3.05) is 35.2 Å². The Morgan fingerprint density at radius 1 is 0.958 bits per heavy atom. The molecule has 1 fully saturated rings. The monoisotopic (exact) mass is 343 g/mol. The van der Waals surface area contributed by atoms with Crippen molar-refractivity contribution in [3.05, 3.63) is 53.6 Å². The van der Waals surface area contributed by atoms with Crippen molar-refractivity contribution in [3.63, 3.8) is 0 Å². The van der Waals surface area contributed by atoms with E-state index in [0.29, 0.717) is 18.0 Å². The summed E-state index contributed by atoms with van der Waals surface area (Å²) < 4.78 is 0. The number of carbonyl (C=O) groups is 1. The van der Waals surface area contributed by atoms with Crippen LogP contribution in [0.4, 0.5) is 17.1 Å². The highest BCUT2D eigenvalue weighted by molar-refractivity contribution is 6.30. The van der Waals surface area contributed by atoms with Crippen LogP contribution < -0.4 is 15.5 Å². The molecule has 1 heterocycles. The summed E-state index contributed by atoms with van der Waals surface area (Å²) in [5.74, 6) is 0.00499. The van der Waals surface area contributed by atoms with Crippen molar-refractivity contribution < 1.29 is 4.79 Å².